The molecule has 0 fully saturated rings. The van der Waals surface area contributed by atoms with Crippen LogP contribution < -0.4 is 10.0 Å². The van der Waals surface area contributed by atoms with E-state index < -0.39 is 15.8 Å². The van der Waals surface area contributed by atoms with Gasteiger partial charge in [0, 0.05) is 12.2 Å². The number of hydrogen-bond donors (Lipinski definition) is 2. The summed E-state index contributed by atoms with van der Waals surface area (Å²) in [5.41, 5.74) is 2.67. The Labute approximate surface area is 123 Å². The highest BCUT2D eigenvalue weighted by atomic mass is 32.2. The first-order valence-corrected chi connectivity index (χ1v) is 8.10. The summed E-state index contributed by atoms with van der Waals surface area (Å²) in [5, 5.41) is 3.17. The lowest BCUT2D eigenvalue weighted by atomic mass is 10.2. The molecule has 1 heterocycles. The Morgan fingerprint density at radius 2 is 2.00 bits per heavy atom. The summed E-state index contributed by atoms with van der Waals surface area (Å²) in [7, 11) is -3.79. The average Bonchev–Trinajstić information content (AvgIpc) is 2.90. The van der Waals surface area contributed by atoms with E-state index in [4.69, 9.17) is 0 Å². The highest BCUT2D eigenvalue weighted by Gasteiger charge is 2.19. The third kappa shape index (κ3) is 2.71. The van der Waals surface area contributed by atoms with Crippen molar-refractivity contribution in [3.63, 3.8) is 0 Å². The third-order valence-electron chi connectivity index (χ3n) is 3.46. The van der Waals surface area contributed by atoms with Crippen molar-refractivity contribution in [2.24, 2.45) is 0 Å². The minimum Gasteiger partial charge on any atom is -0.384 e. The minimum atomic E-state index is -3.79. The van der Waals surface area contributed by atoms with E-state index in [0.717, 1.165) is 29.8 Å². The Morgan fingerprint density at radius 3 is 2.81 bits per heavy atom. The second-order valence-electron chi connectivity index (χ2n) is 5.08. The van der Waals surface area contributed by atoms with Crippen LogP contribution in [-0.4, -0.2) is 15.0 Å². The van der Waals surface area contributed by atoms with Crippen LogP contribution in [0.4, 0.5) is 15.8 Å². The molecule has 0 atom stereocenters. The normalized spacial score (nSPS) is 13.6. The summed E-state index contributed by atoms with van der Waals surface area (Å²) in [6, 6.07) is 9.21. The van der Waals surface area contributed by atoms with E-state index in [9.17, 15) is 12.8 Å². The molecule has 4 nitrogen and oxygen atoms in total. The van der Waals surface area contributed by atoms with Gasteiger partial charge in [-0.05, 0) is 54.8 Å². The van der Waals surface area contributed by atoms with Crippen LogP contribution in [0.5, 0.6) is 0 Å². The molecule has 0 saturated carbocycles. The molecule has 0 spiro atoms. The number of halogens is 1. The number of aryl methyl sites for hydroxylation is 1. The van der Waals surface area contributed by atoms with Crippen molar-refractivity contribution in [2.45, 2.75) is 18.2 Å². The first kappa shape index (κ1) is 13.9. The zero-order valence-electron chi connectivity index (χ0n) is 11.5. The highest BCUT2D eigenvalue weighted by Crippen LogP contribution is 2.27. The summed E-state index contributed by atoms with van der Waals surface area (Å²) in [5.74, 6) is -0.591. The lowest BCUT2D eigenvalue weighted by Gasteiger charge is -2.10. The Bertz CT molecular complexity index is 803. The Morgan fingerprint density at radius 1 is 1.19 bits per heavy atom. The number of benzene rings is 2. The van der Waals surface area contributed by atoms with Crippen molar-refractivity contribution in [1.29, 1.82) is 0 Å². The molecule has 2 aromatic rings. The molecular weight excluding hydrogens is 291 g/mol. The van der Waals surface area contributed by atoms with Gasteiger partial charge >= 0.3 is 0 Å². The maximum absolute atomic E-state index is 13.7. The van der Waals surface area contributed by atoms with Gasteiger partial charge in [-0.3, -0.25) is 4.72 Å². The van der Waals surface area contributed by atoms with E-state index in [1.165, 1.54) is 18.2 Å². The third-order valence-corrected chi connectivity index (χ3v) is 4.83. The molecule has 0 saturated heterocycles. The summed E-state index contributed by atoms with van der Waals surface area (Å²) in [4.78, 5) is 0.144. The number of sulfonamides is 1. The molecular formula is C15H15FN2O2S. The number of rotatable bonds is 3. The zero-order valence-corrected chi connectivity index (χ0v) is 12.3. The molecule has 0 aromatic heterocycles. The molecule has 0 amide bonds. The molecule has 3 rings (SSSR count). The van der Waals surface area contributed by atoms with Crippen LogP contribution in [0, 0.1) is 12.7 Å². The predicted molar refractivity (Wildman–Crippen MR) is 80.6 cm³/mol. The van der Waals surface area contributed by atoms with Crippen LogP contribution in [-0.2, 0) is 16.4 Å². The molecule has 1 aliphatic rings. The van der Waals surface area contributed by atoms with Crippen molar-refractivity contribution >= 4 is 21.4 Å². The minimum absolute atomic E-state index is 0.0337. The Kier molecular flexibility index (Phi) is 3.33. The summed E-state index contributed by atoms with van der Waals surface area (Å²) in [6.07, 6.45) is 0.789. The average molecular weight is 306 g/mol. The van der Waals surface area contributed by atoms with Gasteiger partial charge in [0.2, 0.25) is 0 Å². The monoisotopic (exact) mass is 306 g/mol. The fourth-order valence-electron chi connectivity index (χ4n) is 2.37. The maximum atomic E-state index is 13.7. The number of nitrogens with one attached hydrogen (secondary N) is 2. The number of hydrogen-bond acceptors (Lipinski definition) is 3. The number of fused-ring (bicyclic) bond motifs is 1. The van der Waals surface area contributed by atoms with Crippen LogP contribution in [0.25, 0.3) is 0 Å². The van der Waals surface area contributed by atoms with Crippen molar-refractivity contribution in [3.05, 3.63) is 53.3 Å². The molecule has 2 aromatic carbocycles. The second-order valence-corrected chi connectivity index (χ2v) is 6.77. The Hall–Kier alpha value is -2.08. The fourth-order valence-corrected chi connectivity index (χ4v) is 3.48. The Balaban J connectivity index is 1.95. The van der Waals surface area contributed by atoms with Crippen LogP contribution in [0.2, 0.25) is 0 Å². The standard InChI is InChI=1S/C15H15FN2O2S/c1-10-2-4-13(16)15(8-10)18-21(19,20)12-3-5-14-11(9-12)6-7-17-14/h2-5,8-9,17-18H,6-7H2,1H3. The molecule has 2 N–H and O–H groups in total. The second kappa shape index (κ2) is 5.04. The zero-order chi connectivity index (χ0) is 15.0. The first-order valence-electron chi connectivity index (χ1n) is 6.61. The molecule has 0 radical (unpaired) electrons. The lowest BCUT2D eigenvalue weighted by molar-refractivity contribution is 0.598. The van der Waals surface area contributed by atoms with E-state index in [-0.39, 0.29) is 10.6 Å². The van der Waals surface area contributed by atoms with E-state index in [0.29, 0.717) is 0 Å². The van der Waals surface area contributed by atoms with E-state index in [2.05, 4.69) is 10.0 Å². The van der Waals surface area contributed by atoms with Gasteiger partial charge in [-0.25, -0.2) is 12.8 Å². The quantitative estimate of drug-likeness (QED) is 0.916. The van der Waals surface area contributed by atoms with Gasteiger partial charge in [-0.2, -0.15) is 0 Å². The fraction of sp³-hybridized carbons (Fsp3) is 0.200. The highest BCUT2D eigenvalue weighted by molar-refractivity contribution is 7.92. The van der Waals surface area contributed by atoms with E-state index in [1.807, 2.05) is 0 Å². The van der Waals surface area contributed by atoms with Crippen molar-refractivity contribution in [1.82, 2.24) is 0 Å². The predicted octanol–water partition coefficient (Wildman–Crippen LogP) is 2.90. The van der Waals surface area contributed by atoms with Crippen molar-refractivity contribution in [2.75, 3.05) is 16.6 Å². The largest absolute Gasteiger partial charge is 0.384 e. The molecule has 1 aliphatic heterocycles. The van der Waals surface area contributed by atoms with Crippen LogP contribution in [0.3, 0.4) is 0 Å². The van der Waals surface area contributed by atoms with Gasteiger partial charge in [0.1, 0.15) is 5.82 Å². The summed E-state index contributed by atoms with van der Waals surface area (Å²) < 4.78 is 40.7. The van der Waals surface area contributed by atoms with Crippen LogP contribution in [0.15, 0.2) is 41.3 Å². The van der Waals surface area contributed by atoms with Gasteiger partial charge in [-0.15, -0.1) is 0 Å². The van der Waals surface area contributed by atoms with Gasteiger partial charge in [0.15, 0.2) is 0 Å². The summed E-state index contributed by atoms with van der Waals surface area (Å²) >= 11 is 0. The van der Waals surface area contributed by atoms with Gasteiger partial charge in [0.05, 0.1) is 10.6 Å². The van der Waals surface area contributed by atoms with E-state index in [1.54, 1.807) is 25.1 Å². The molecule has 110 valence electrons. The van der Waals surface area contributed by atoms with Crippen LogP contribution in [0.1, 0.15) is 11.1 Å². The smallest absolute Gasteiger partial charge is 0.261 e. The van der Waals surface area contributed by atoms with Gasteiger partial charge < -0.3 is 5.32 Å². The van der Waals surface area contributed by atoms with Gasteiger partial charge in [0.25, 0.3) is 10.0 Å². The lowest BCUT2D eigenvalue weighted by Crippen LogP contribution is -2.14. The molecule has 0 unspecified atom stereocenters. The van der Waals surface area contributed by atoms with Crippen molar-refractivity contribution < 1.29 is 12.8 Å². The number of anilines is 2. The van der Waals surface area contributed by atoms with E-state index >= 15 is 0 Å². The van der Waals surface area contributed by atoms with Gasteiger partial charge in [-0.1, -0.05) is 6.07 Å². The van der Waals surface area contributed by atoms with Crippen molar-refractivity contribution in [3.8, 4) is 0 Å². The summed E-state index contributed by atoms with van der Waals surface area (Å²) in [6.45, 7) is 2.58. The molecule has 0 bridgehead atoms. The molecule has 6 heteroatoms. The SMILES string of the molecule is Cc1ccc(F)c(NS(=O)(=O)c2ccc3c(c2)CCN3)c1. The molecule has 0 aliphatic carbocycles. The topological polar surface area (TPSA) is 58.2 Å². The molecule has 21 heavy (non-hydrogen) atoms. The maximum Gasteiger partial charge on any atom is 0.261 e. The van der Waals surface area contributed by atoms with Crippen LogP contribution >= 0.6 is 0 Å². The first-order chi connectivity index (χ1) is 9.95.